The smallest absolute Gasteiger partial charge is 0.412 e. The van der Waals surface area contributed by atoms with Gasteiger partial charge < -0.3 is 14.2 Å². The Balaban J connectivity index is 3.00. The fraction of sp³-hybridized carbons (Fsp3) is 0.467. The van der Waals surface area contributed by atoms with Crippen LogP contribution in [-0.2, 0) is 20.8 Å². The molecule has 0 spiro atoms. The Morgan fingerprint density at radius 3 is 2.38 bits per heavy atom. The van der Waals surface area contributed by atoms with Crippen molar-refractivity contribution in [2.24, 2.45) is 0 Å². The molecule has 0 aliphatic rings. The molecule has 0 aliphatic carbocycles. The van der Waals surface area contributed by atoms with E-state index in [1.54, 1.807) is 40.0 Å². The Labute approximate surface area is 124 Å². The van der Waals surface area contributed by atoms with Gasteiger partial charge in [0.2, 0.25) is 0 Å². The maximum atomic E-state index is 11.8. The lowest BCUT2D eigenvalue weighted by atomic mass is 10.1. The summed E-state index contributed by atoms with van der Waals surface area (Å²) in [6.45, 7) is 5.61. The van der Waals surface area contributed by atoms with E-state index >= 15 is 0 Å². The van der Waals surface area contributed by atoms with Crippen LogP contribution >= 0.6 is 0 Å². The molecule has 1 aromatic rings. The molecule has 21 heavy (non-hydrogen) atoms. The van der Waals surface area contributed by atoms with E-state index in [0.717, 1.165) is 5.56 Å². The van der Waals surface area contributed by atoms with Crippen molar-refractivity contribution in [3.8, 4) is 0 Å². The summed E-state index contributed by atoms with van der Waals surface area (Å²) in [7, 11) is 2.85. The van der Waals surface area contributed by atoms with Crippen molar-refractivity contribution >= 4 is 17.7 Å². The number of hydrogen-bond donors (Lipinski definition) is 1. The van der Waals surface area contributed by atoms with Crippen molar-refractivity contribution in [2.75, 3.05) is 19.5 Å². The standard InChI is InChI=1S/C15H21NO5/c1-15(2,3)21-14(18)16-12-8-10(13(17)20-5)6-7-11(12)9-19-4/h6-8H,9H2,1-5H3,(H,16,18). The maximum absolute atomic E-state index is 11.8. The Kier molecular flexibility index (Phi) is 5.72. The van der Waals surface area contributed by atoms with Crippen molar-refractivity contribution in [2.45, 2.75) is 33.0 Å². The molecule has 6 nitrogen and oxygen atoms in total. The number of esters is 1. The highest BCUT2D eigenvalue weighted by atomic mass is 16.6. The summed E-state index contributed by atoms with van der Waals surface area (Å²) in [5.74, 6) is -0.480. The molecule has 6 heteroatoms. The number of nitrogens with one attached hydrogen (secondary N) is 1. The van der Waals surface area contributed by atoms with E-state index in [-0.39, 0.29) is 0 Å². The molecule has 1 N–H and O–H groups in total. The third-order valence-electron chi connectivity index (χ3n) is 2.47. The largest absolute Gasteiger partial charge is 0.465 e. The molecule has 116 valence electrons. The van der Waals surface area contributed by atoms with E-state index in [0.29, 0.717) is 17.9 Å². The number of amides is 1. The Bertz CT molecular complexity index is 519. The van der Waals surface area contributed by atoms with Crippen LogP contribution in [0.1, 0.15) is 36.7 Å². The lowest BCUT2D eigenvalue weighted by molar-refractivity contribution is 0.0596. The van der Waals surface area contributed by atoms with Crippen LogP contribution in [0.3, 0.4) is 0 Å². The predicted octanol–water partition coefficient (Wildman–Crippen LogP) is 2.97. The van der Waals surface area contributed by atoms with Crippen molar-refractivity contribution in [3.05, 3.63) is 29.3 Å². The van der Waals surface area contributed by atoms with Gasteiger partial charge >= 0.3 is 12.1 Å². The second-order valence-electron chi connectivity index (χ2n) is 5.42. The Morgan fingerprint density at radius 1 is 1.19 bits per heavy atom. The number of benzene rings is 1. The summed E-state index contributed by atoms with van der Waals surface area (Å²) < 4.78 is 14.9. The summed E-state index contributed by atoms with van der Waals surface area (Å²) >= 11 is 0. The van der Waals surface area contributed by atoms with Gasteiger partial charge in [0, 0.05) is 12.7 Å². The molecular formula is C15H21NO5. The molecule has 0 saturated carbocycles. The first-order valence-electron chi connectivity index (χ1n) is 6.47. The second kappa shape index (κ2) is 7.08. The summed E-state index contributed by atoms with van der Waals surface area (Å²) in [6, 6.07) is 4.84. The Morgan fingerprint density at radius 2 is 1.86 bits per heavy atom. The van der Waals surface area contributed by atoms with Gasteiger partial charge in [-0.2, -0.15) is 0 Å². The fourth-order valence-electron chi connectivity index (χ4n) is 1.63. The number of rotatable bonds is 4. The normalized spacial score (nSPS) is 10.9. The molecule has 1 amide bonds. The van der Waals surface area contributed by atoms with Gasteiger partial charge in [-0.1, -0.05) is 6.07 Å². The van der Waals surface area contributed by atoms with E-state index < -0.39 is 17.7 Å². The SMILES string of the molecule is COCc1ccc(C(=O)OC)cc1NC(=O)OC(C)(C)C. The van der Waals surface area contributed by atoms with Crippen molar-refractivity contribution in [1.29, 1.82) is 0 Å². The molecule has 0 saturated heterocycles. The topological polar surface area (TPSA) is 73.9 Å². The zero-order valence-corrected chi connectivity index (χ0v) is 13.0. The molecule has 0 aromatic heterocycles. The molecule has 0 unspecified atom stereocenters. The molecule has 1 aromatic carbocycles. The highest BCUT2D eigenvalue weighted by Crippen LogP contribution is 2.20. The van der Waals surface area contributed by atoms with Gasteiger partial charge in [0.25, 0.3) is 0 Å². The van der Waals surface area contributed by atoms with Crippen LogP contribution in [0.4, 0.5) is 10.5 Å². The molecule has 0 radical (unpaired) electrons. The van der Waals surface area contributed by atoms with Crippen LogP contribution in [-0.4, -0.2) is 31.9 Å². The van der Waals surface area contributed by atoms with Gasteiger partial charge in [-0.15, -0.1) is 0 Å². The molecule has 0 aliphatic heterocycles. The third-order valence-corrected chi connectivity index (χ3v) is 2.47. The van der Waals surface area contributed by atoms with E-state index in [1.165, 1.54) is 13.2 Å². The minimum atomic E-state index is -0.606. The molecule has 0 bridgehead atoms. The van der Waals surface area contributed by atoms with Crippen LogP contribution in [0.5, 0.6) is 0 Å². The highest BCUT2D eigenvalue weighted by Gasteiger charge is 2.18. The quantitative estimate of drug-likeness (QED) is 0.864. The maximum Gasteiger partial charge on any atom is 0.412 e. The molecule has 0 fully saturated rings. The number of carbonyl (C=O) groups excluding carboxylic acids is 2. The number of ether oxygens (including phenoxy) is 3. The predicted molar refractivity (Wildman–Crippen MR) is 78.4 cm³/mol. The summed E-state index contributed by atoms with van der Waals surface area (Å²) in [4.78, 5) is 23.4. The molecule has 0 atom stereocenters. The first-order chi connectivity index (χ1) is 9.76. The molecule has 0 heterocycles. The van der Waals surface area contributed by atoms with E-state index in [9.17, 15) is 9.59 Å². The monoisotopic (exact) mass is 295 g/mol. The van der Waals surface area contributed by atoms with Crippen LogP contribution in [0.25, 0.3) is 0 Å². The fourth-order valence-corrected chi connectivity index (χ4v) is 1.63. The van der Waals surface area contributed by atoms with Crippen molar-refractivity contribution < 1.29 is 23.8 Å². The Hall–Kier alpha value is -2.08. The van der Waals surface area contributed by atoms with Gasteiger partial charge in [0.1, 0.15) is 5.60 Å². The average molecular weight is 295 g/mol. The van der Waals surface area contributed by atoms with Gasteiger partial charge in [0.05, 0.1) is 25.0 Å². The van der Waals surface area contributed by atoms with Gasteiger partial charge in [-0.3, -0.25) is 5.32 Å². The van der Waals surface area contributed by atoms with E-state index in [1.807, 2.05) is 0 Å². The summed E-state index contributed by atoms with van der Waals surface area (Å²) in [5, 5.41) is 2.62. The number of anilines is 1. The lowest BCUT2D eigenvalue weighted by Gasteiger charge is -2.20. The lowest BCUT2D eigenvalue weighted by Crippen LogP contribution is -2.27. The molecular weight excluding hydrogens is 274 g/mol. The van der Waals surface area contributed by atoms with Gasteiger partial charge in [-0.25, -0.2) is 9.59 Å². The first-order valence-corrected chi connectivity index (χ1v) is 6.47. The van der Waals surface area contributed by atoms with Crippen LogP contribution in [0.15, 0.2) is 18.2 Å². The third kappa shape index (κ3) is 5.43. The van der Waals surface area contributed by atoms with Gasteiger partial charge in [-0.05, 0) is 32.9 Å². The van der Waals surface area contributed by atoms with Crippen LogP contribution in [0, 0.1) is 0 Å². The summed E-state index contributed by atoms with van der Waals surface area (Å²) in [5.41, 5.74) is 0.916. The van der Waals surface area contributed by atoms with Crippen molar-refractivity contribution in [1.82, 2.24) is 0 Å². The van der Waals surface area contributed by atoms with E-state index in [4.69, 9.17) is 9.47 Å². The average Bonchev–Trinajstić information content (AvgIpc) is 2.37. The van der Waals surface area contributed by atoms with E-state index in [2.05, 4.69) is 10.1 Å². The van der Waals surface area contributed by atoms with Gasteiger partial charge in [0.15, 0.2) is 0 Å². The minimum Gasteiger partial charge on any atom is -0.465 e. The number of methoxy groups -OCH3 is 2. The molecule has 1 rings (SSSR count). The first kappa shape index (κ1) is 17.0. The highest BCUT2D eigenvalue weighted by molar-refractivity contribution is 5.93. The van der Waals surface area contributed by atoms with Crippen LogP contribution in [0.2, 0.25) is 0 Å². The number of carbonyl (C=O) groups is 2. The summed E-state index contributed by atoms with van der Waals surface area (Å²) in [6.07, 6.45) is -0.595. The number of hydrogen-bond acceptors (Lipinski definition) is 5. The second-order valence-corrected chi connectivity index (χ2v) is 5.42. The van der Waals surface area contributed by atoms with Crippen molar-refractivity contribution in [3.63, 3.8) is 0 Å². The minimum absolute atomic E-state index is 0.298. The zero-order valence-electron chi connectivity index (χ0n) is 13.0. The van der Waals surface area contributed by atoms with Crippen LogP contribution < -0.4 is 5.32 Å². The zero-order chi connectivity index (χ0) is 16.0.